The van der Waals surface area contributed by atoms with Crippen LogP contribution in [0.1, 0.15) is 0 Å². The van der Waals surface area contributed by atoms with Crippen molar-refractivity contribution in [3.05, 3.63) is 18.2 Å². The molecule has 1 aromatic rings. The number of anilines is 1. The zero-order valence-electron chi connectivity index (χ0n) is 9.28. The van der Waals surface area contributed by atoms with Gasteiger partial charge in [0.25, 0.3) is 0 Å². The number of halogens is 2. The minimum atomic E-state index is -2.87. The first-order valence-electron chi connectivity index (χ1n) is 5.16. The molecule has 1 fully saturated rings. The number of rotatable bonds is 5. The van der Waals surface area contributed by atoms with Crippen molar-refractivity contribution in [3.8, 4) is 11.5 Å². The number of hydrogen-bond donors (Lipinski definition) is 1. The van der Waals surface area contributed by atoms with E-state index in [1.807, 2.05) is 0 Å². The van der Waals surface area contributed by atoms with Crippen molar-refractivity contribution in [1.29, 1.82) is 0 Å². The summed E-state index contributed by atoms with van der Waals surface area (Å²) in [6.07, 6.45) is 0. The fraction of sp³-hybridized carbons (Fsp3) is 0.455. The molecule has 0 saturated carbocycles. The van der Waals surface area contributed by atoms with Crippen LogP contribution in [-0.2, 0) is 4.74 Å². The monoisotopic (exact) mass is 245 g/mol. The van der Waals surface area contributed by atoms with Gasteiger partial charge in [0.15, 0.2) is 11.5 Å². The quantitative estimate of drug-likeness (QED) is 0.862. The van der Waals surface area contributed by atoms with Crippen LogP contribution >= 0.6 is 0 Å². The Hall–Kier alpha value is -1.56. The van der Waals surface area contributed by atoms with Crippen LogP contribution in [0.2, 0.25) is 0 Å². The molecular weight excluding hydrogens is 232 g/mol. The summed E-state index contributed by atoms with van der Waals surface area (Å²) in [4.78, 5) is 0. The van der Waals surface area contributed by atoms with Crippen LogP contribution in [0.4, 0.5) is 14.5 Å². The highest BCUT2D eigenvalue weighted by atomic mass is 19.3. The van der Waals surface area contributed by atoms with Crippen LogP contribution in [0, 0.1) is 0 Å². The van der Waals surface area contributed by atoms with Gasteiger partial charge in [-0.2, -0.15) is 8.78 Å². The fourth-order valence-corrected chi connectivity index (χ4v) is 1.51. The lowest BCUT2D eigenvalue weighted by molar-refractivity contribution is -0.0511. The standard InChI is InChI=1S/C11H13F2NO3/c1-15-9-3-2-7(14-8-5-16-6-8)4-10(9)17-11(12)13/h2-4,8,11,14H,5-6H2,1H3. The lowest BCUT2D eigenvalue weighted by Gasteiger charge is -2.28. The maximum Gasteiger partial charge on any atom is 0.387 e. The third kappa shape index (κ3) is 2.97. The van der Waals surface area contributed by atoms with Crippen LogP contribution in [0.5, 0.6) is 11.5 Å². The zero-order valence-corrected chi connectivity index (χ0v) is 9.28. The van der Waals surface area contributed by atoms with Gasteiger partial charge in [-0.1, -0.05) is 0 Å². The van der Waals surface area contributed by atoms with E-state index in [2.05, 4.69) is 10.1 Å². The molecule has 1 aliphatic heterocycles. The molecule has 0 spiro atoms. The van der Waals surface area contributed by atoms with Gasteiger partial charge in [0.1, 0.15) is 0 Å². The van der Waals surface area contributed by atoms with Crippen LogP contribution in [0.15, 0.2) is 18.2 Å². The number of hydrogen-bond acceptors (Lipinski definition) is 4. The maximum atomic E-state index is 12.2. The summed E-state index contributed by atoms with van der Waals surface area (Å²) in [7, 11) is 1.40. The Labute approximate surface area is 97.5 Å². The largest absolute Gasteiger partial charge is 0.493 e. The predicted octanol–water partition coefficient (Wildman–Crippen LogP) is 2.11. The molecule has 2 rings (SSSR count). The van der Waals surface area contributed by atoms with Gasteiger partial charge in [0.2, 0.25) is 0 Å². The van der Waals surface area contributed by atoms with Crippen LogP contribution in [0.3, 0.4) is 0 Å². The lowest BCUT2D eigenvalue weighted by Crippen LogP contribution is -2.40. The van der Waals surface area contributed by atoms with E-state index >= 15 is 0 Å². The molecule has 0 radical (unpaired) electrons. The Morgan fingerprint density at radius 2 is 2.12 bits per heavy atom. The van der Waals surface area contributed by atoms with Crippen molar-refractivity contribution in [2.75, 3.05) is 25.6 Å². The van der Waals surface area contributed by atoms with Crippen LogP contribution in [-0.4, -0.2) is 33.0 Å². The minimum absolute atomic E-state index is 0.0211. The molecule has 6 heteroatoms. The summed E-state index contributed by atoms with van der Waals surface area (Å²) in [6, 6.07) is 5.04. The normalized spacial score (nSPS) is 15.5. The maximum absolute atomic E-state index is 12.2. The number of methoxy groups -OCH3 is 1. The first-order chi connectivity index (χ1) is 8.19. The molecule has 0 aromatic heterocycles. The third-order valence-electron chi connectivity index (χ3n) is 2.39. The smallest absolute Gasteiger partial charge is 0.387 e. The van der Waals surface area contributed by atoms with E-state index in [0.717, 1.165) is 0 Å². The average Bonchev–Trinajstić information content (AvgIpc) is 2.23. The molecule has 0 unspecified atom stereocenters. The molecule has 0 atom stereocenters. The van der Waals surface area contributed by atoms with E-state index in [1.54, 1.807) is 12.1 Å². The third-order valence-corrected chi connectivity index (χ3v) is 2.39. The number of nitrogens with one attached hydrogen (secondary N) is 1. The van der Waals surface area contributed by atoms with Gasteiger partial charge in [-0.3, -0.25) is 0 Å². The van der Waals surface area contributed by atoms with Crippen molar-refractivity contribution >= 4 is 5.69 Å². The van der Waals surface area contributed by atoms with Crippen molar-refractivity contribution in [3.63, 3.8) is 0 Å². The average molecular weight is 245 g/mol. The van der Waals surface area contributed by atoms with Gasteiger partial charge in [-0.25, -0.2) is 0 Å². The highest BCUT2D eigenvalue weighted by Gasteiger charge is 2.19. The van der Waals surface area contributed by atoms with E-state index < -0.39 is 6.61 Å². The van der Waals surface area contributed by atoms with Crippen LogP contribution < -0.4 is 14.8 Å². The fourth-order valence-electron chi connectivity index (χ4n) is 1.51. The first kappa shape index (κ1) is 11.9. The number of alkyl halides is 2. The van der Waals surface area contributed by atoms with E-state index in [4.69, 9.17) is 9.47 Å². The second kappa shape index (κ2) is 5.18. The van der Waals surface area contributed by atoms with Gasteiger partial charge in [-0.15, -0.1) is 0 Å². The SMILES string of the molecule is COc1ccc(NC2COC2)cc1OC(F)F. The van der Waals surface area contributed by atoms with E-state index in [-0.39, 0.29) is 17.5 Å². The van der Waals surface area contributed by atoms with Crippen LogP contribution in [0.25, 0.3) is 0 Å². The number of ether oxygens (including phenoxy) is 3. The highest BCUT2D eigenvalue weighted by Crippen LogP contribution is 2.31. The summed E-state index contributed by atoms with van der Waals surface area (Å²) in [5.41, 5.74) is 0.703. The molecular formula is C11H13F2NO3. The van der Waals surface area contributed by atoms with Gasteiger partial charge < -0.3 is 19.5 Å². The molecule has 1 aromatic carbocycles. The Bertz CT molecular complexity index is 383. The number of benzene rings is 1. The van der Waals surface area contributed by atoms with Gasteiger partial charge >= 0.3 is 6.61 Å². The van der Waals surface area contributed by atoms with Gasteiger partial charge in [-0.05, 0) is 12.1 Å². The molecule has 0 amide bonds. The van der Waals surface area contributed by atoms with Gasteiger partial charge in [0.05, 0.1) is 26.4 Å². The highest BCUT2D eigenvalue weighted by molar-refractivity contribution is 5.55. The molecule has 1 N–H and O–H groups in total. The Balaban J connectivity index is 2.11. The Kier molecular flexibility index (Phi) is 3.63. The Morgan fingerprint density at radius 3 is 2.65 bits per heavy atom. The lowest BCUT2D eigenvalue weighted by atomic mass is 10.2. The van der Waals surface area contributed by atoms with Crippen molar-refractivity contribution in [2.45, 2.75) is 12.7 Å². The molecule has 94 valence electrons. The minimum Gasteiger partial charge on any atom is -0.493 e. The summed E-state index contributed by atoms with van der Waals surface area (Å²) in [5, 5.41) is 3.14. The molecule has 0 aliphatic carbocycles. The van der Waals surface area contributed by atoms with Crippen molar-refractivity contribution in [1.82, 2.24) is 0 Å². The summed E-state index contributed by atoms with van der Waals surface area (Å²) < 4.78 is 38.7. The Morgan fingerprint density at radius 1 is 1.35 bits per heavy atom. The van der Waals surface area contributed by atoms with E-state index in [9.17, 15) is 8.78 Å². The molecule has 1 heterocycles. The second-order valence-corrected chi connectivity index (χ2v) is 3.62. The van der Waals surface area contributed by atoms with E-state index in [1.165, 1.54) is 13.2 Å². The van der Waals surface area contributed by atoms with E-state index in [0.29, 0.717) is 18.9 Å². The summed E-state index contributed by atoms with van der Waals surface area (Å²) in [6.45, 7) is -1.63. The molecule has 0 bridgehead atoms. The molecule has 17 heavy (non-hydrogen) atoms. The summed E-state index contributed by atoms with van der Waals surface area (Å²) >= 11 is 0. The van der Waals surface area contributed by atoms with Crippen molar-refractivity contribution in [2.24, 2.45) is 0 Å². The van der Waals surface area contributed by atoms with Crippen molar-refractivity contribution < 1.29 is 23.0 Å². The molecule has 4 nitrogen and oxygen atoms in total. The second-order valence-electron chi connectivity index (χ2n) is 3.62. The molecule has 1 aliphatic rings. The zero-order chi connectivity index (χ0) is 12.3. The van der Waals surface area contributed by atoms with Gasteiger partial charge in [0, 0.05) is 11.8 Å². The predicted molar refractivity (Wildman–Crippen MR) is 57.9 cm³/mol. The summed E-state index contributed by atoms with van der Waals surface area (Å²) in [5.74, 6) is 0.299. The molecule has 1 saturated heterocycles. The topological polar surface area (TPSA) is 39.7 Å². The first-order valence-corrected chi connectivity index (χ1v) is 5.16.